The summed E-state index contributed by atoms with van der Waals surface area (Å²) in [6.07, 6.45) is 0.0221. The van der Waals surface area contributed by atoms with Crippen molar-refractivity contribution in [3.8, 4) is 0 Å². The molecule has 2 heterocycles. The van der Waals surface area contributed by atoms with E-state index in [1.54, 1.807) is 0 Å². The molecular weight excluding hydrogens is 360 g/mol. The average Bonchev–Trinajstić information content (AvgIpc) is 2.65. The Bertz CT molecular complexity index is 737. The highest BCUT2D eigenvalue weighted by Gasteiger charge is 2.21. The van der Waals surface area contributed by atoms with Gasteiger partial charge in [-0.2, -0.15) is 0 Å². The Morgan fingerprint density at radius 2 is 2.00 bits per heavy atom. The Kier molecular flexibility index (Phi) is 7.20. The second kappa shape index (κ2) is 9.82. The zero-order valence-corrected chi connectivity index (χ0v) is 16.7. The lowest BCUT2D eigenvalue weighted by Crippen LogP contribution is -2.47. The molecule has 144 valence electrons. The minimum absolute atomic E-state index is 0.0217. The van der Waals surface area contributed by atoms with Crippen LogP contribution < -0.4 is 5.32 Å². The van der Waals surface area contributed by atoms with Gasteiger partial charge in [-0.1, -0.05) is 42.1 Å². The van der Waals surface area contributed by atoms with E-state index in [4.69, 9.17) is 4.74 Å². The number of nitrogens with zero attached hydrogens (tertiary/aromatic N) is 3. The number of carbonyl (C=O) groups is 1. The molecule has 3 rings (SSSR count). The van der Waals surface area contributed by atoms with Gasteiger partial charge in [-0.25, -0.2) is 9.97 Å². The van der Waals surface area contributed by atoms with Gasteiger partial charge in [0, 0.05) is 37.6 Å². The summed E-state index contributed by atoms with van der Waals surface area (Å²) in [5.41, 5.74) is 3.13. The topological polar surface area (TPSA) is 67.4 Å². The molecular formula is C20H26N4O2S. The summed E-state index contributed by atoms with van der Waals surface area (Å²) < 4.78 is 5.80. The van der Waals surface area contributed by atoms with Gasteiger partial charge in [0.05, 0.1) is 18.5 Å². The molecule has 1 aromatic heterocycles. The largest absolute Gasteiger partial charge is 0.374 e. The molecule has 1 N–H and O–H groups in total. The van der Waals surface area contributed by atoms with Crippen LogP contribution in [0.25, 0.3) is 0 Å². The van der Waals surface area contributed by atoms with Crippen LogP contribution in [0.5, 0.6) is 0 Å². The van der Waals surface area contributed by atoms with Crippen molar-refractivity contribution in [2.75, 3.05) is 32.0 Å². The minimum atomic E-state index is -0.0217. The van der Waals surface area contributed by atoms with Crippen molar-refractivity contribution in [1.29, 1.82) is 0 Å². The van der Waals surface area contributed by atoms with Crippen LogP contribution in [-0.2, 0) is 16.1 Å². The summed E-state index contributed by atoms with van der Waals surface area (Å²) in [5.74, 6) is 0.287. The normalized spacial score (nSPS) is 17.6. The predicted octanol–water partition coefficient (Wildman–Crippen LogP) is 2.20. The van der Waals surface area contributed by atoms with Gasteiger partial charge in [0.1, 0.15) is 0 Å². The van der Waals surface area contributed by atoms with Gasteiger partial charge in [0.25, 0.3) is 0 Å². The van der Waals surface area contributed by atoms with Gasteiger partial charge >= 0.3 is 0 Å². The quantitative estimate of drug-likeness (QED) is 0.581. The third kappa shape index (κ3) is 6.61. The van der Waals surface area contributed by atoms with Crippen LogP contribution in [0.3, 0.4) is 0 Å². The van der Waals surface area contributed by atoms with E-state index in [-0.39, 0.29) is 12.0 Å². The average molecular weight is 387 g/mol. The lowest BCUT2D eigenvalue weighted by atomic mass is 10.2. The second-order valence-corrected chi connectivity index (χ2v) is 7.68. The Labute approximate surface area is 164 Å². The number of carbonyl (C=O) groups excluding carboxylic acids is 1. The third-order valence-electron chi connectivity index (χ3n) is 4.29. The molecule has 1 aliphatic rings. The van der Waals surface area contributed by atoms with E-state index in [0.717, 1.165) is 31.0 Å². The zero-order chi connectivity index (χ0) is 19.1. The fourth-order valence-corrected chi connectivity index (χ4v) is 3.84. The first-order valence-corrected chi connectivity index (χ1v) is 10.2. The molecule has 2 aromatic rings. The van der Waals surface area contributed by atoms with Gasteiger partial charge in [-0.3, -0.25) is 9.69 Å². The minimum Gasteiger partial charge on any atom is -0.374 e. The highest BCUT2D eigenvalue weighted by atomic mass is 32.2. The first-order chi connectivity index (χ1) is 13.1. The van der Waals surface area contributed by atoms with Gasteiger partial charge in [0.2, 0.25) is 5.91 Å². The Morgan fingerprint density at radius 1 is 1.26 bits per heavy atom. The van der Waals surface area contributed by atoms with E-state index >= 15 is 0 Å². The zero-order valence-electron chi connectivity index (χ0n) is 15.9. The fourth-order valence-electron chi connectivity index (χ4n) is 3.06. The number of benzene rings is 1. The molecule has 7 heteroatoms. The molecule has 1 amide bonds. The molecule has 0 aliphatic carbocycles. The van der Waals surface area contributed by atoms with Gasteiger partial charge < -0.3 is 10.1 Å². The maximum atomic E-state index is 12.1. The van der Waals surface area contributed by atoms with E-state index in [2.05, 4.69) is 44.5 Å². The Hall–Kier alpha value is -1.96. The van der Waals surface area contributed by atoms with Crippen molar-refractivity contribution in [1.82, 2.24) is 20.2 Å². The number of hydrogen-bond donors (Lipinski definition) is 1. The lowest BCUT2D eigenvalue weighted by molar-refractivity contribution is -0.119. The molecule has 0 spiro atoms. The van der Waals surface area contributed by atoms with Crippen LogP contribution in [0.2, 0.25) is 0 Å². The first kappa shape index (κ1) is 19.8. The summed E-state index contributed by atoms with van der Waals surface area (Å²) in [4.78, 5) is 23.2. The van der Waals surface area contributed by atoms with Crippen molar-refractivity contribution in [2.45, 2.75) is 31.7 Å². The standard InChI is InChI=1S/C20H26N4O2S/c1-15-10-16(2)23-20(22-15)27-14-19(25)21-11-18-13-24(8-9-26-18)12-17-6-4-3-5-7-17/h3-7,10,18H,8-9,11-14H2,1-2H3,(H,21,25). The van der Waals surface area contributed by atoms with Crippen molar-refractivity contribution in [2.24, 2.45) is 0 Å². The monoisotopic (exact) mass is 386 g/mol. The van der Waals surface area contributed by atoms with Crippen LogP contribution in [0.15, 0.2) is 41.6 Å². The van der Waals surface area contributed by atoms with E-state index < -0.39 is 0 Å². The summed E-state index contributed by atoms with van der Waals surface area (Å²) in [5, 5.41) is 3.61. The van der Waals surface area contributed by atoms with Crippen LogP contribution in [0.4, 0.5) is 0 Å². The predicted molar refractivity (Wildman–Crippen MR) is 107 cm³/mol. The molecule has 0 saturated carbocycles. The molecule has 1 saturated heterocycles. The number of amides is 1. The van der Waals surface area contributed by atoms with Crippen molar-refractivity contribution >= 4 is 17.7 Å². The van der Waals surface area contributed by atoms with Crippen LogP contribution in [0, 0.1) is 13.8 Å². The lowest BCUT2D eigenvalue weighted by Gasteiger charge is -2.33. The van der Waals surface area contributed by atoms with Crippen LogP contribution >= 0.6 is 11.8 Å². The van der Waals surface area contributed by atoms with E-state index in [1.807, 2.05) is 26.0 Å². The third-order valence-corrected chi connectivity index (χ3v) is 5.14. The number of aromatic nitrogens is 2. The van der Waals surface area contributed by atoms with E-state index in [0.29, 0.717) is 24.1 Å². The van der Waals surface area contributed by atoms with Crippen molar-refractivity contribution < 1.29 is 9.53 Å². The number of aryl methyl sites for hydroxylation is 2. The number of morpholine rings is 1. The maximum Gasteiger partial charge on any atom is 0.230 e. The molecule has 1 fully saturated rings. The van der Waals surface area contributed by atoms with Crippen molar-refractivity contribution in [3.05, 3.63) is 53.3 Å². The SMILES string of the molecule is Cc1cc(C)nc(SCC(=O)NCC2CN(Cc3ccccc3)CCO2)n1. The number of thioether (sulfide) groups is 1. The van der Waals surface area contributed by atoms with E-state index in [1.165, 1.54) is 17.3 Å². The maximum absolute atomic E-state index is 12.1. The van der Waals surface area contributed by atoms with E-state index in [9.17, 15) is 4.79 Å². The van der Waals surface area contributed by atoms with Crippen LogP contribution in [-0.4, -0.2) is 58.9 Å². The van der Waals surface area contributed by atoms with Crippen LogP contribution in [0.1, 0.15) is 17.0 Å². The smallest absolute Gasteiger partial charge is 0.230 e. The van der Waals surface area contributed by atoms with Gasteiger partial charge in [0.15, 0.2) is 5.16 Å². The van der Waals surface area contributed by atoms with Gasteiger partial charge in [-0.05, 0) is 25.5 Å². The fraction of sp³-hybridized carbons (Fsp3) is 0.450. The molecule has 0 bridgehead atoms. The summed E-state index contributed by atoms with van der Waals surface area (Å²) in [6.45, 7) is 7.73. The van der Waals surface area contributed by atoms with Gasteiger partial charge in [-0.15, -0.1) is 0 Å². The molecule has 1 aliphatic heterocycles. The number of rotatable bonds is 7. The molecule has 1 atom stereocenters. The second-order valence-electron chi connectivity index (χ2n) is 6.74. The molecule has 27 heavy (non-hydrogen) atoms. The molecule has 1 unspecified atom stereocenters. The Balaban J connectivity index is 1.40. The summed E-state index contributed by atoms with van der Waals surface area (Å²) in [7, 11) is 0. The number of ether oxygens (including phenoxy) is 1. The Morgan fingerprint density at radius 3 is 2.74 bits per heavy atom. The molecule has 0 radical (unpaired) electrons. The summed E-state index contributed by atoms with van der Waals surface area (Å²) in [6, 6.07) is 12.3. The number of hydrogen-bond acceptors (Lipinski definition) is 6. The van der Waals surface area contributed by atoms with Crippen molar-refractivity contribution in [3.63, 3.8) is 0 Å². The highest BCUT2D eigenvalue weighted by molar-refractivity contribution is 7.99. The number of nitrogens with one attached hydrogen (secondary N) is 1. The molecule has 1 aromatic carbocycles. The summed E-state index contributed by atoms with van der Waals surface area (Å²) >= 11 is 1.36. The molecule has 6 nitrogen and oxygen atoms in total. The highest BCUT2D eigenvalue weighted by Crippen LogP contribution is 2.14. The first-order valence-electron chi connectivity index (χ1n) is 9.18.